The zero-order valence-electron chi connectivity index (χ0n) is 9.42. The number of carbonyl (C=O) groups is 1. The largest absolute Gasteiger partial charge is 0.493 e. The maximum atomic E-state index is 13.4. The van der Waals surface area contributed by atoms with Crippen LogP contribution in [0.15, 0.2) is 6.07 Å². The van der Waals surface area contributed by atoms with Crippen LogP contribution in [0.25, 0.3) is 0 Å². The van der Waals surface area contributed by atoms with Crippen molar-refractivity contribution in [1.29, 1.82) is 0 Å². The fraction of sp³-hybridized carbons (Fsp3) is 0.364. The molecule has 1 rings (SSSR count). The molecule has 0 aliphatic rings. The van der Waals surface area contributed by atoms with Crippen molar-refractivity contribution < 1.29 is 28.2 Å². The van der Waals surface area contributed by atoms with E-state index in [1.165, 1.54) is 14.2 Å². The maximum absolute atomic E-state index is 13.4. The van der Waals surface area contributed by atoms with Gasteiger partial charge in [0.1, 0.15) is 0 Å². The van der Waals surface area contributed by atoms with Crippen molar-refractivity contribution in [3.63, 3.8) is 0 Å². The number of hydrogen-bond acceptors (Lipinski definition) is 3. The Hall–Kier alpha value is -1.85. The molecule has 1 aromatic rings. The smallest absolute Gasteiger partial charge is 0.303 e. The summed E-state index contributed by atoms with van der Waals surface area (Å²) in [7, 11) is 2.44. The first-order valence-electron chi connectivity index (χ1n) is 4.81. The Labute approximate surface area is 96.8 Å². The number of carboxylic acids is 1. The lowest BCUT2D eigenvalue weighted by atomic mass is 10.1. The lowest BCUT2D eigenvalue weighted by Gasteiger charge is -2.13. The van der Waals surface area contributed by atoms with Gasteiger partial charge in [-0.15, -0.1) is 0 Å². The van der Waals surface area contributed by atoms with Crippen LogP contribution in [0.3, 0.4) is 0 Å². The van der Waals surface area contributed by atoms with E-state index >= 15 is 0 Å². The predicted molar refractivity (Wildman–Crippen MR) is 55.4 cm³/mol. The standard InChI is InChI=1S/C11H12F2O4/c1-16-10-6(3-4-9(14)15)11(17-2)8(13)5-7(10)12/h5H,3-4H2,1-2H3,(H,14,15). The lowest BCUT2D eigenvalue weighted by molar-refractivity contribution is -0.136. The summed E-state index contributed by atoms with van der Waals surface area (Å²) in [6.07, 6.45) is -0.341. The van der Waals surface area contributed by atoms with Crippen molar-refractivity contribution in [2.75, 3.05) is 14.2 Å². The van der Waals surface area contributed by atoms with Crippen molar-refractivity contribution in [3.05, 3.63) is 23.3 Å². The van der Waals surface area contributed by atoms with Crippen molar-refractivity contribution in [2.24, 2.45) is 0 Å². The quantitative estimate of drug-likeness (QED) is 0.863. The van der Waals surface area contributed by atoms with E-state index in [9.17, 15) is 13.6 Å². The van der Waals surface area contributed by atoms with Gasteiger partial charge in [0, 0.05) is 18.1 Å². The average Bonchev–Trinajstić information content (AvgIpc) is 2.25. The van der Waals surface area contributed by atoms with Gasteiger partial charge in [-0.25, -0.2) is 8.78 Å². The Bertz CT molecular complexity index is 404. The van der Waals surface area contributed by atoms with E-state index in [1.807, 2.05) is 0 Å². The highest BCUT2D eigenvalue weighted by molar-refractivity contribution is 5.67. The molecule has 17 heavy (non-hydrogen) atoms. The molecule has 6 heteroatoms. The Kier molecular flexibility index (Phi) is 4.25. The molecule has 0 heterocycles. The molecule has 0 unspecified atom stereocenters. The summed E-state index contributed by atoms with van der Waals surface area (Å²) in [5, 5.41) is 8.57. The molecule has 0 fully saturated rings. The molecule has 0 atom stereocenters. The van der Waals surface area contributed by atoms with Gasteiger partial charge in [-0.05, 0) is 6.42 Å². The Morgan fingerprint density at radius 2 is 1.71 bits per heavy atom. The normalized spacial score (nSPS) is 10.1. The Balaban J connectivity index is 3.24. The van der Waals surface area contributed by atoms with E-state index in [0.29, 0.717) is 6.07 Å². The number of ether oxygens (including phenoxy) is 2. The van der Waals surface area contributed by atoms with Crippen LogP contribution < -0.4 is 9.47 Å². The Morgan fingerprint density at radius 1 is 1.24 bits per heavy atom. The third-order valence-electron chi connectivity index (χ3n) is 2.23. The molecular formula is C11H12F2O4. The minimum atomic E-state index is -1.07. The highest BCUT2D eigenvalue weighted by Crippen LogP contribution is 2.34. The second-order valence-corrected chi connectivity index (χ2v) is 3.28. The third kappa shape index (κ3) is 2.83. The zero-order valence-corrected chi connectivity index (χ0v) is 9.42. The highest BCUT2D eigenvalue weighted by Gasteiger charge is 2.20. The minimum Gasteiger partial charge on any atom is -0.493 e. The molecule has 0 spiro atoms. The summed E-state index contributed by atoms with van der Waals surface area (Å²) in [4.78, 5) is 10.5. The molecule has 0 saturated carbocycles. The van der Waals surface area contributed by atoms with E-state index in [2.05, 4.69) is 0 Å². The molecule has 1 aromatic carbocycles. The number of benzene rings is 1. The number of carboxylic acid groups (broad SMARTS) is 1. The monoisotopic (exact) mass is 246 g/mol. The average molecular weight is 246 g/mol. The summed E-state index contributed by atoms with van der Waals surface area (Å²) in [5.74, 6) is -3.22. The summed E-state index contributed by atoms with van der Waals surface area (Å²) >= 11 is 0. The summed E-state index contributed by atoms with van der Waals surface area (Å²) < 4.78 is 36.4. The van der Waals surface area contributed by atoms with Gasteiger partial charge in [0.05, 0.1) is 14.2 Å². The van der Waals surface area contributed by atoms with Crippen molar-refractivity contribution in [1.82, 2.24) is 0 Å². The van der Waals surface area contributed by atoms with Gasteiger partial charge in [-0.2, -0.15) is 0 Å². The van der Waals surface area contributed by atoms with Crippen LogP contribution >= 0.6 is 0 Å². The van der Waals surface area contributed by atoms with Crippen LogP contribution in [0.5, 0.6) is 11.5 Å². The van der Waals surface area contributed by atoms with Crippen LogP contribution in [-0.4, -0.2) is 25.3 Å². The van der Waals surface area contributed by atoms with E-state index in [4.69, 9.17) is 14.6 Å². The number of rotatable bonds is 5. The molecule has 0 aliphatic carbocycles. The first-order valence-corrected chi connectivity index (χ1v) is 4.81. The second-order valence-electron chi connectivity index (χ2n) is 3.28. The summed E-state index contributed by atoms with van der Waals surface area (Å²) in [6.45, 7) is 0. The predicted octanol–water partition coefficient (Wildman–Crippen LogP) is 2.00. The minimum absolute atomic E-state index is 0.0731. The van der Waals surface area contributed by atoms with E-state index in [0.717, 1.165) is 0 Å². The number of hydrogen-bond donors (Lipinski definition) is 1. The Morgan fingerprint density at radius 3 is 2.06 bits per heavy atom. The molecule has 4 nitrogen and oxygen atoms in total. The van der Waals surface area contributed by atoms with E-state index < -0.39 is 17.6 Å². The summed E-state index contributed by atoms with van der Waals surface area (Å²) in [5.41, 5.74) is 0.0786. The topological polar surface area (TPSA) is 55.8 Å². The van der Waals surface area contributed by atoms with E-state index in [-0.39, 0.29) is 29.9 Å². The van der Waals surface area contributed by atoms with Gasteiger partial charge >= 0.3 is 5.97 Å². The van der Waals surface area contributed by atoms with Crippen molar-refractivity contribution in [3.8, 4) is 11.5 Å². The molecule has 94 valence electrons. The van der Waals surface area contributed by atoms with Gasteiger partial charge in [0.15, 0.2) is 23.1 Å². The number of halogens is 2. The van der Waals surface area contributed by atoms with Gasteiger partial charge < -0.3 is 14.6 Å². The van der Waals surface area contributed by atoms with Gasteiger partial charge in [0.25, 0.3) is 0 Å². The first kappa shape index (κ1) is 13.2. The van der Waals surface area contributed by atoms with Gasteiger partial charge in [-0.3, -0.25) is 4.79 Å². The van der Waals surface area contributed by atoms with Crippen LogP contribution in [0.1, 0.15) is 12.0 Å². The molecule has 1 N–H and O–H groups in total. The van der Waals surface area contributed by atoms with Crippen molar-refractivity contribution >= 4 is 5.97 Å². The van der Waals surface area contributed by atoms with Gasteiger partial charge in [0.2, 0.25) is 0 Å². The lowest BCUT2D eigenvalue weighted by Crippen LogP contribution is -2.05. The highest BCUT2D eigenvalue weighted by atomic mass is 19.1. The number of aliphatic carboxylic acids is 1. The molecule has 0 aromatic heterocycles. The van der Waals surface area contributed by atoms with E-state index in [1.54, 1.807) is 0 Å². The first-order chi connectivity index (χ1) is 8.01. The number of methoxy groups -OCH3 is 2. The van der Waals surface area contributed by atoms with Crippen LogP contribution in [-0.2, 0) is 11.2 Å². The second kappa shape index (κ2) is 5.47. The van der Waals surface area contributed by atoms with Gasteiger partial charge in [-0.1, -0.05) is 0 Å². The molecule has 0 radical (unpaired) electrons. The van der Waals surface area contributed by atoms with Crippen LogP contribution in [0.2, 0.25) is 0 Å². The third-order valence-corrected chi connectivity index (χ3v) is 2.23. The molecule has 0 bridgehead atoms. The molecule has 0 aliphatic heterocycles. The summed E-state index contributed by atoms with van der Waals surface area (Å²) in [6, 6.07) is 0.641. The van der Waals surface area contributed by atoms with Crippen LogP contribution in [0.4, 0.5) is 8.78 Å². The SMILES string of the molecule is COc1c(F)cc(F)c(OC)c1CCC(=O)O. The maximum Gasteiger partial charge on any atom is 0.303 e. The fourth-order valence-corrected chi connectivity index (χ4v) is 1.53. The van der Waals surface area contributed by atoms with Crippen molar-refractivity contribution in [2.45, 2.75) is 12.8 Å². The van der Waals surface area contributed by atoms with Crippen LogP contribution in [0, 0.1) is 11.6 Å². The molecule has 0 amide bonds. The zero-order chi connectivity index (χ0) is 13.0. The fourth-order valence-electron chi connectivity index (χ4n) is 1.53. The molecule has 0 saturated heterocycles. The molecular weight excluding hydrogens is 234 g/mol.